The lowest BCUT2D eigenvalue weighted by Crippen LogP contribution is -2.40. The molecule has 0 bridgehead atoms. The van der Waals surface area contributed by atoms with E-state index in [2.05, 4.69) is 5.32 Å². The van der Waals surface area contributed by atoms with Crippen molar-refractivity contribution >= 4 is 24.2 Å². The SMILES string of the molecule is CCCC(N)C(=O)NCc1cccc(C(N)=O)c1.Cl. The number of hydrogen-bond donors (Lipinski definition) is 3. The summed E-state index contributed by atoms with van der Waals surface area (Å²) in [6.45, 7) is 2.32. The van der Waals surface area contributed by atoms with Crippen LogP contribution in [0.1, 0.15) is 35.7 Å². The number of benzene rings is 1. The van der Waals surface area contributed by atoms with Gasteiger partial charge in [-0.1, -0.05) is 25.5 Å². The summed E-state index contributed by atoms with van der Waals surface area (Å²) in [5, 5.41) is 2.73. The van der Waals surface area contributed by atoms with Crippen LogP contribution >= 0.6 is 12.4 Å². The Morgan fingerprint density at radius 2 is 2.05 bits per heavy atom. The second-order valence-electron chi connectivity index (χ2n) is 4.18. The van der Waals surface area contributed by atoms with Gasteiger partial charge in [0.1, 0.15) is 0 Å². The molecule has 0 heterocycles. The van der Waals surface area contributed by atoms with Crippen LogP contribution < -0.4 is 16.8 Å². The zero-order valence-corrected chi connectivity index (χ0v) is 11.7. The Morgan fingerprint density at radius 3 is 2.63 bits per heavy atom. The van der Waals surface area contributed by atoms with E-state index >= 15 is 0 Å². The first kappa shape index (κ1) is 17.4. The predicted octanol–water partition coefficient (Wildman–Crippen LogP) is 0.951. The number of halogens is 1. The predicted molar refractivity (Wildman–Crippen MR) is 76.9 cm³/mol. The fraction of sp³-hybridized carbons (Fsp3) is 0.385. The molecule has 2 amide bonds. The van der Waals surface area contributed by atoms with Crippen molar-refractivity contribution in [2.75, 3.05) is 0 Å². The van der Waals surface area contributed by atoms with E-state index in [-0.39, 0.29) is 18.3 Å². The second kappa shape index (κ2) is 8.50. The van der Waals surface area contributed by atoms with Crippen molar-refractivity contribution in [3.05, 3.63) is 35.4 Å². The molecule has 6 heteroatoms. The van der Waals surface area contributed by atoms with Crippen molar-refractivity contribution in [3.63, 3.8) is 0 Å². The van der Waals surface area contributed by atoms with Crippen molar-refractivity contribution in [2.45, 2.75) is 32.4 Å². The van der Waals surface area contributed by atoms with Gasteiger partial charge >= 0.3 is 0 Å². The maximum atomic E-state index is 11.6. The Kier molecular flexibility index (Phi) is 7.79. The van der Waals surface area contributed by atoms with E-state index in [0.717, 1.165) is 12.0 Å². The molecule has 0 aliphatic carbocycles. The maximum Gasteiger partial charge on any atom is 0.248 e. The molecular formula is C13H20ClN3O2. The highest BCUT2D eigenvalue weighted by molar-refractivity contribution is 5.92. The lowest BCUT2D eigenvalue weighted by atomic mass is 10.1. The summed E-state index contributed by atoms with van der Waals surface area (Å²) in [6.07, 6.45) is 1.53. The minimum absolute atomic E-state index is 0. The lowest BCUT2D eigenvalue weighted by Gasteiger charge is -2.11. The Bertz CT molecular complexity index is 438. The van der Waals surface area contributed by atoms with E-state index in [1.54, 1.807) is 18.2 Å². The smallest absolute Gasteiger partial charge is 0.248 e. The van der Waals surface area contributed by atoms with Gasteiger partial charge in [-0.2, -0.15) is 0 Å². The zero-order valence-electron chi connectivity index (χ0n) is 10.9. The van der Waals surface area contributed by atoms with Gasteiger partial charge in [0.25, 0.3) is 0 Å². The summed E-state index contributed by atoms with van der Waals surface area (Å²) < 4.78 is 0. The van der Waals surface area contributed by atoms with Crippen molar-refractivity contribution in [3.8, 4) is 0 Å². The van der Waals surface area contributed by atoms with Crippen LogP contribution in [0.4, 0.5) is 0 Å². The average Bonchev–Trinajstić information content (AvgIpc) is 2.36. The molecule has 0 aliphatic heterocycles. The van der Waals surface area contributed by atoms with Crippen molar-refractivity contribution in [1.29, 1.82) is 0 Å². The summed E-state index contributed by atoms with van der Waals surface area (Å²) in [7, 11) is 0. The lowest BCUT2D eigenvalue weighted by molar-refractivity contribution is -0.122. The Labute approximate surface area is 119 Å². The fourth-order valence-corrected chi connectivity index (χ4v) is 1.60. The van der Waals surface area contributed by atoms with Crippen LogP contribution in [-0.2, 0) is 11.3 Å². The van der Waals surface area contributed by atoms with Crippen LogP contribution in [0, 0.1) is 0 Å². The maximum absolute atomic E-state index is 11.6. The molecule has 1 aromatic rings. The summed E-state index contributed by atoms with van der Waals surface area (Å²) in [6, 6.07) is 6.37. The third kappa shape index (κ3) is 5.72. The molecule has 19 heavy (non-hydrogen) atoms. The van der Waals surface area contributed by atoms with Gasteiger partial charge < -0.3 is 16.8 Å². The van der Waals surface area contributed by atoms with Crippen LogP contribution in [0.25, 0.3) is 0 Å². The molecule has 0 saturated carbocycles. The number of primary amides is 1. The van der Waals surface area contributed by atoms with Crippen LogP contribution in [-0.4, -0.2) is 17.9 Å². The first-order valence-electron chi connectivity index (χ1n) is 5.96. The van der Waals surface area contributed by atoms with Crippen LogP contribution in [0.5, 0.6) is 0 Å². The number of carbonyl (C=O) groups excluding carboxylic acids is 2. The molecule has 0 aromatic heterocycles. The highest BCUT2D eigenvalue weighted by Crippen LogP contribution is 2.04. The normalized spacial score (nSPS) is 11.3. The molecule has 1 atom stereocenters. The molecule has 1 unspecified atom stereocenters. The van der Waals surface area contributed by atoms with Gasteiger partial charge in [-0.15, -0.1) is 12.4 Å². The Morgan fingerprint density at radius 1 is 1.37 bits per heavy atom. The van der Waals surface area contributed by atoms with Gasteiger partial charge in [0.15, 0.2) is 0 Å². The Balaban J connectivity index is 0.00000324. The molecule has 106 valence electrons. The number of amides is 2. The fourth-order valence-electron chi connectivity index (χ4n) is 1.60. The Hall–Kier alpha value is -1.59. The standard InChI is InChI=1S/C13H19N3O2.ClH/c1-2-4-11(14)13(18)16-8-9-5-3-6-10(7-9)12(15)17;/h3,5-7,11H,2,4,8,14H2,1H3,(H2,15,17)(H,16,18);1H. The van der Waals surface area contributed by atoms with Gasteiger partial charge in [0.05, 0.1) is 6.04 Å². The van der Waals surface area contributed by atoms with Crippen LogP contribution in [0.15, 0.2) is 24.3 Å². The molecule has 0 saturated heterocycles. The van der Waals surface area contributed by atoms with Crippen molar-refractivity contribution in [1.82, 2.24) is 5.32 Å². The number of hydrogen-bond acceptors (Lipinski definition) is 3. The van der Waals surface area contributed by atoms with E-state index in [1.807, 2.05) is 13.0 Å². The minimum Gasteiger partial charge on any atom is -0.366 e. The van der Waals surface area contributed by atoms with Crippen molar-refractivity contribution < 1.29 is 9.59 Å². The largest absolute Gasteiger partial charge is 0.366 e. The van der Waals surface area contributed by atoms with E-state index in [1.165, 1.54) is 0 Å². The van der Waals surface area contributed by atoms with Gasteiger partial charge in [-0.05, 0) is 24.1 Å². The minimum atomic E-state index is -0.481. The topological polar surface area (TPSA) is 98.2 Å². The van der Waals surface area contributed by atoms with Gasteiger partial charge in [0.2, 0.25) is 11.8 Å². The highest BCUT2D eigenvalue weighted by atomic mass is 35.5. The molecule has 0 fully saturated rings. The van der Waals surface area contributed by atoms with E-state index in [0.29, 0.717) is 18.5 Å². The molecule has 1 aromatic carbocycles. The molecular weight excluding hydrogens is 266 g/mol. The molecule has 0 aliphatic rings. The summed E-state index contributed by atoms with van der Waals surface area (Å²) in [4.78, 5) is 22.6. The molecule has 0 spiro atoms. The van der Waals surface area contributed by atoms with E-state index in [4.69, 9.17) is 11.5 Å². The summed E-state index contributed by atoms with van der Waals surface area (Å²) >= 11 is 0. The summed E-state index contributed by atoms with van der Waals surface area (Å²) in [5.74, 6) is -0.660. The third-order valence-corrected chi connectivity index (χ3v) is 2.61. The first-order chi connectivity index (χ1) is 8.54. The number of carbonyl (C=O) groups is 2. The summed E-state index contributed by atoms with van der Waals surface area (Å²) in [5.41, 5.74) is 12.1. The molecule has 5 nitrogen and oxygen atoms in total. The van der Waals surface area contributed by atoms with Crippen molar-refractivity contribution in [2.24, 2.45) is 11.5 Å². The number of rotatable bonds is 6. The van der Waals surface area contributed by atoms with Crippen LogP contribution in [0.2, 0.25) is 0 Å². The molecule has 0 radical (unpaired) electrons. The van der Waals surface area contributed by atoms with E-state index in [9.17, 15) is 9.59 Å². The number of nitrogens with two attached hydrogens (primary N) is 2. The molecule has 5 N–H and O–H groups in total. The zero-order chi connectivity index (χ0) is 13.5. The van der Waals surface area contributed by atoms with E-state index < -0.39 is 11.9 Å². The first-order valence-corrected chi connectivity index (χ1v) is 5.96. The van der Waals surface area contributed by atoms with Gasteiger partial charge in [-0.3, -0.25) is 9.59 Å². The monoisotopic (exact) mass is 285 g/mol. The highest BCUT2D eigenvalue weighted by Gasteiger charge is 2.11. The third-order valence-electron chi connectivity index (χ3n) is 2.61. The van der Waals surface area contributed by atoms with Gasteiger partial charge in [-0.25, -0.2) is 0 Å². The average molecular weight is 286 g/mol. The quantitative estimate of drug-likeness (QED) is 0.726. The van der Waals surface area contributed by atoms with Gasteiger partial charge in [0, 0.05) is 12.1 Å². The van der Waals surface area contributed by atoms with Crippen LogP contribution in [0.3, 0.4) is 0 Å². The molecule has 1 rings (SSSR count). The second-order valence-corrected chi connectivity index (χ2v) is 4.18. The number of nitrogens with one attached hydrogen (secondary N) is 1.